The zero-order valence-electron chi connectivity index (χ0n) is 13.7. The largest absolute Gasteiger partial charge is 0.389 e. The quantitative estimate of drug-likeness (QED) is 0.327. The Balaban J connectivity index is 0.00000400. The molecule has 1 aliphatic rings. The van der Waals surface area contributed by atoms with Crippen LogP contribution in [0.2, 0.25) is 0 Å². The first-order valence-corrected chi connectivity index (χ1v) is 7.92. The van der Waals surface area contributed by atoms with Crippen LogP contribution in [0.4, 0.5) is 0 Å². The number of halogens is 1. The van der Waals surface area contributed by atoms with Crippen molar-refractivity contribution in [2.45, 2.75) is 45.6 Å². The predicted octanol–water partition coefficient (Wildman–Crippen LogP) is 2.09. The summed E-state index contributed by atoms with van der Waals surface area (Å²) in [4.78, 5) is 6.60. The Labute approximate surface area is 146 Å². The number of hydrogen-bond acceptors (Lipinski definition) is 3. The van der Waals surface area contributed by atoms with Gasteiger partial charge in [-0.15, -0.1) is 24.0 Å². The van der Waals surface area contributed by atoms with Crippen molar-refractivity contribution in [1.82, 2.24) is 10.2 Å². The third-order valence-electron chi connectivity index (χ3n) is 3.36. The Morgan fingerprint density at radius 3 is 2.71 bits per heavy atom. The number of aliphatic hydroxyl groups is 1. The average Bonchev–Trinajstić information content (AvgIpc) is 3.25. The van der Waals surface area contributed by atoms with E-state index in [-0.39, 0.29) is 24.0 Å². The van der Waals surface area contributed by atoms with Crippen LogP contribution in [0.3, 0.4) is 0 Å². The minimum Gasteiger partial charge on any atom is -0.389 e. The summed E-state index contributed by atoms with van der Waals surface area (Å²) >= 11 is 0. The van der Waals surface area contributed by atoms with E-state index >= 15 is 0 Å². The molecule has 1 saturated carbocycles. The fourth-order valence-electron chi connectivity index (χ4n) is 1.87. The van der Waals surface area contributed by atoms with Gasteiger partial charge in [-0.25, -0.2) is 0 Å². The Morgan fingerprint density at radius 1 is 1.43 bits per heavy atom. The fourth-order valence-corrected chi connectivity index (χ4v) is 1.87. The van der Waals surface area contributed by atoms with Crippen LogP contribution in [-0.4, -0.2) is 62.0 Å². The van der Waals surface area contributed by atoms with Gasteiger partial charge in [0.15, 0.2) is 5.96 Å². The molecule has 1 fully saturated rings. The topological polar surface area (TPSA) is 57.1 Å². The molecule has 1 aliphatic carbocycles. The van der Waals surface area contributed by atoms with E-state index in [0.29, 0.717) is 13.2 Å². The van der Waals surface area contributed by atoms with Crippen LogP contribution in [0.25, 0.3) is 0 Å². The molecule has 1 rings (SSSR count). The number of unbranched alkanes of at least 4 members (excludes halogenated alkanes) is 1. The van der Waals surface area contributed by atoms with Crippen molar-refractivity contribution in [2.24, 2.45) is 10.9 Å². The number of nitrogens with one attached hydrogen (secondary N) is 1. The van der Waals surface area contributed by atoms with Gasteiger partial charge in [0.1, 0.15) is 0 Å². The molecule has 1 atom stereocenters. The zero-order chi connectivity index (χ0) is 14.8. The lowest BCUT2D eigenvalue weighted by molar-refractivity contribution is 0.0367. The number of ether oxygens (including phenoxy) is 1. The molecule has 0 bridgehead atoms. The van der Waals surface area contributed by atoms with Gasteiger partial charge >= 0.3 is 0 Å². The lowest BCUT2D eigenvalue weighted by Gasteiger charge is -2.22. The highest BCUT2D eigenvalue weighted by molar-refractivity contribution is 14.0. The van der Waals surface area contributed by atoms with E-state index in [1.807, 2.05) is 7.05 Å². The van der Waals surface area contributed by atoms with Gasteiger partial charge in [-0.2, -0.15) is 0 Å². The minimum atomic E-state index is -0.512. The molecule has 0 aliphatic heterocycles. The van der Waals surface area contributed by atoms with Gasteiger partial charge in [-0.1, -0.05) is 13.3 Å². The molecule has 0 aromatic carbocycles. The summed E-state index contributed by atoms with van der Waals surface area (Å²) in [5.74, 6) is 1.60. The number of aliphatic hydroxyl groups excluding tert-OH is 1. The van der Waals surface area contributed by atoms with E-state index in [1.54, 1.807) is 0 Å². The normalized spacial score (nSPS) is 16.3. The predicted molar refractivity (Wildman–Crippen MR) is 98.5 cm³/mol. The third kappa shape index (κ3) is 10.3. The van der Waals surface area contributed by atoms with Crippen molar-refractivity contribution >= 4 is 29.9 Å². The van der Waals surface area contributed by atoms with Crippen molar-refractivity contribution in [1.29, 1.82) is 0 Å². The number of aliphatic imine (C=N–C) groups is 1. The molecule has 5 nitrogen and oxygen atoms in total. The smallest absolute Gasteiger partial charge is 0.193 e. The van der Waals surface area contributed by atoms with E-state index in [9.17, 15) is 5.11 Å². The van der Waals surface area contributed by atoms with Crippen LogP contribution in [0.5, 0.6) is 0 Å². The van der Waals surface area contributed by atoms with Gasteiger partial charge in [0.05, 0.1) is 19.3 Å². The summed E-state index contributed by atoms with van der Waals surface area (Å²) < 4.78 is 5.48. The monoisotopic (exact) mass is 413 g/mol. The Morgan fingerprint density at radius 2 is 2.14 bits per heavy atom. The van der Waals surface area contributed by atoms with Crippen molar-refractivity contribution in [3.8, 4) is 0 Å². The Hall–Kier alpha value is -0.0800. The highest BCUT2D eigenvalue weighted by atomic mass is 127. The molecular formula is C15H32IN3O2. The first kappa shape index (κ1) is 20.9. The van der Waals surface area contributed by atoms with E-state index in [4.69, 9.17) is 4.74 Å². The molecule has 0 heterocycles. The number of guanidine groups is 1. The zero-order valence-corrected chi connectivity index (χ0v) is 16.0. The molecule has 6 heteroatoms. The molecule has 0 saturated heterocycles. The first-order valence-electron chi connectivity index (χ1n) is 7.92. The molecule has 0 radical (unpaired) electrons. The van der Waals surface area contributed by atoms with E-state index in [0.717, 1.165) is 38.0 Å². The molecule has 0 spiro atoms. The van der Waals surface area contributed by atoms with Crippen LogP contribution in [0, 0.1) is 5.92 Å². The maximum atomic E-state index is 9.88. The van der Waals surface area contributed by atoms with Gasteiger partial charge < -0.3 is 20.1 Å². The SMILES string of the molecule is CCCCN(C)C(=NCC(O)COCC1CC1)NCC.I. The summed E-state index contributed by atoms with van der Waals surface area (Å²) in [5, 5.41) is 13.1. The van der Waals surface area contributed by atoms with Gasteiger partial charge in [-0.05, 0) is 32.1 Å². The highest BCUT2D eigenvalue weighted by Crippen LogP contribution is 2.28. The molecule has 1 unspecified atom stereocenters. The summed E-state index contributed by atoms with van der Waals surface area (Å²) in [6, 6.07) is 0. The van der Waals surface area contributed by atoms with Crippen LogP contribution in [-0.2, 0) is 4.74 Å². The van der Waals surface area contributed by atoms with Crippen molar-refractivity contribution < 1.29 is 9.84 Å². The van der Waals surface area contributed by atoms with Crippen LogP contribution < -0.4 is 5.32 Å². The summed E-state index contributed by atoms with van der Waals surface area (Å²) in [5.41, 5.74) is 0. The summed E-state index contributed by atoms with van der Waals surface area (Å²) in [7, 11) is 2.03. The molecule has 0 amide bonds. The van der Waals surface area contributed by atoms with E-state index < -0.39 is 6.10 Å². The molecule has 2 N–H and O–H groups in total. The van der Waals surface area contributed by atoms with Crippen LogP contribution in [0.15, 0.2) is 4.99 Å². The second kappa shape index (κ2) is 12.5. The second-order valence-corrected chi connectivity index (χ2v) is 5.60. The van der Waals surface area contributed by atoms with Gasteiger partial charge in [0.25, 0.3) is 0 Å². The minimum absolute atomic E-state index is 0. The van der Waals surface area contributed by atoms with E-state index in [2.05, 4.69) is 29.1 Å². The first-order chi connectivity index (χ1) is 9.67. The molecule has 0 aromatic heterocycles. The van der Waals surface area contributed by atoms with Crippen molar-refractivity contribution in [3.05, 3.63) is 0 Å². The maximum Gasteiger partial charge on any atom is 0.193 e. The molecule has 126 valence electrons. The third-order valence-corrected chi connectivity index (χ3v) is 3.36. The van der Waals surface area contributed by atoms with Gasteiger partial charge in [0, 0.05) is 26.7 Å². The van der Waals surface area contributed by atoms with E-state index in [1.165, 1.54) is 19.3 Å². The molecular weight excluding hydrogens is 381 g/mol. The van der Waals surface area contributed by atoms with Crippen molar-refractivity contribution in [2.75, 3.05) is 39.9 Å². The number of hydrogen-bond donors (Lipinski definition) is 2. The van der Waals surface area contributed by atoms with Gasteiger partial charge in [0.2, 0.25) is 0 Å². The molecule has 21 heavy (non-hydrogen) atoms. The van der Waals surface area contributed by atoms with Crippen LogP contribution in [0.1, 0.15) is 39.5 Å². The lowest BCUT2D eigenvalue weighted by Crippen LogP contribution is -2.40. The molecule has 0 aromatic rings. The lowest BCUT2D eigenvalue weighted by atomic mass is 10.3. The Kier molecular flexibility index (Phi) is 12.4. The maximum absolute atomic E-state index is 9.88. The summed E-state index contributed by atoms with van der Waals surface area (Å²) in [6.45, 7) is 7.62. The van der Waals surface area contributed by atoms with Gasteiger partial charge in [-0.3, -0.25) is 4.99 Å². The second-order valence-electron chi connectivity index (χ2n) is 5.60. The fraction of sp³-hybridized carbons (Fsp3) is 0.933. The number of rotatable bonds is 10. The van der Waals surface area contributed by atoms with Crippen LogP contribution >= 0.6 is 24.0 Å². The number of nitrogens with zero attached hydrogens (tertiary/aromatic N) is 2. The standard InChI is InChI=1S/C15H31N3O2.HI/c1-4-6-9-18(3)15(16-5-2)17-10-14(19)12-20-11-13-7-8-13;/h13-14,19H,4-12H2,1-3H3,(H,16,17);1H. The average molecular weight is 413 g/mol. The highest BCUT2D eigenvalue weighted by Gasteiger charge is 2.21. The van der Waals surface area contributed by atoms with Crippen molar-refractivity contribution in [3.63, 3.8) is 0 Å². The summed E-state index contributed by atoms with van der Waals surface area (Å²) in [6.07, 6.45) is 4.36. The Bertz CT molecular complexity index is 286.